The molecule has 2 nitrogen and oxygen atoms in total. The minimum atomic E-state index is 1.02. The normalized spacial score (nSPS) is 12.3. The van der Waals surface area contributed by atoms with Crippen molar-refractivity contribution in [2.75, 3.05) is 4.90 Å². The van der Waals surface area contributed by atoms with Gasteiger partial charge in [-0.3, -0.25) is 0 Å². The van der Waals surface area contributed by atoms with Crippen LogP contribution in [-0.2, 0) is 6.42 Å². The van der Waals surface area contributed by atoms with Crippen LogP contribution in [0.4, 0.5) is 17.1 Å². The lowest BCUT2D eigenvalue weighted by atomic mass is 9.95. The molecule has 0 spiro atoms. The maximum atomic E-state index is 2.48. The van der Waals surface area contributed by atoms with Crippen LogP contribution in [0.3, 0.4) is 0 Å². The summed E-state index contributed by atoms with van der Waals surface area (Å²) in [4.78, 5) is 2.40. The molecule has 0 atom stereocenters. The maximum Gasteiger partial charge on any atom is 0.0543 e. The van der Waals surface area contributed by atoms with Gasteiger partial charge in [0, 0.05) is 39.4 Å². The van der Waals surface area contributed by atoms with E-state index in [1.54, 1.807) is 0 Å². The highest BCUT2D eigenvalue weighted by molar-refractivity contribution is 6.04. The van der Waals surface area contributed by atoms with Crippen LogP contribution in [0.2, 0.25) is 0 Å². The summed E-state index contributed by atoms with van der Waals surface area (Å²) in [5.74, 6) is 0. The van der Waals surface area contributed by atoms with E-state index >= 15 is 0 Å². The molecule has 0 radical (unpaired) electrons. The molecule has 274 valence electrons. The van der Waals surface area contributed by atoms with Crippen molar-refractivity contribution < 1.29 is 0 Å². The molecule has 58 heavy (non-hydrogen) atoms. The number of para-hydroxylation sites is 1. The van der Waals surface area contributed by atoms with Crippen molar-refractivity contribution in [3.05, 3.63) is 224 Å². The van der Waals surface area contributed by atoms with E-state index in [0.29, 0.717) is 0 Å². The Kier molecular flexibility index (Phi) is 8.33. The van der Waals surface area contributed by atoms with Gasteiger partial charge in [-0.1, -0.05) is 164 Å². The molecule has 2 heteroatoms. The van der Waals surface area contributed by atoms with Gasteiger partial charge in [0.15, 0.2) is 0 Å². The molecule has 0 unspecified atom stereocenters. The summed E-state index contributed by atoms with van der Waals surface area (Å²) in [7, 11) is 0. The van der Waals surface area contributed by atoms with Crippen LogP contribution in [0.5, 0.6) is 0 Å². The van der Waals surface area contributed by atoms with Crippen molar-refractivity contribution in [2.45, 2.75) is 12.8 Å². The van der Waals surface area contributed by atoms with Gasteiger partial charge in [-0.2, -0.15) is 0 Å². The largest absolute Gasteiger partial charge is 0.313 e. The number of anilines is 3. The van der Waals surface area contributed by atoms with Crippen molar-refractivity contribution >= 4 is 55.6 Å². The smallest absolute Gasteiger partial charge is 0.0543 e. The van der Waals surface area contributed by atoms with E-state index in [1.165, 1.54) is 82.8 Å². The first-order valence-corrected chi connectivity index (χ1v) is 20.2. The predicted octanol–water partition coefficient (Wildman–Crippen LogP) is 15.4. The molecular formula is C56H40N2. The van der Waals surface area contributed by atoms with E-state index in [9.17, 15) is 0 Å². The molecular weight excluding hydrogens is 701 g/mol. The Morgan fingerprint density at radius 3 is 1.62 bits per heavy atom. The zero-order valence-electron chi connectivity index (χ0n) is 32.1. The second-order valence-corrected chi connectivity index (χ2v) is 15.2. The highest BCUT2D eigenvalue weighted by Gasteiger charge is 2.22. The Morgan fingerprint density at radius 2 is 0.966 bits per heavy atom. The molecule has 0 fully saturated rings. The number of hydrogen-bond donors (Lipinski definition) is 0. The quantitative estimate of drug-likeness (QED) is 0.158. The summed E-state index contributed by atoms with van der Waals surface area (Å²) in [5.41, 5.74) is 15.8. The van der Waals surface area contributed by atoms with Crippen LogP contribution >= 0.6 is 0 Å². The number of fused-ring (bicyclic) bond motifs is 5. The van der Waals surface area contributed by atoms with Gasteiger partial charge in [-0.15, -0.1) is 0 Å². The SMILES string of the molecule is C1=Cc2c(n(-c3ccccc3)c3cccc(-c4cccc(N(c5ccc(-c6cccc7ccccc67)cc5)c5ccc(-c6cccc7ccccc67)cc5)c4)c23)CC1. The number of rotatable bonds is 7. The first kappa shape index (κ1) is 33.9. The average molecular weight is 741 g/mol. The fourth-order valence-corrected chi connectivity index (χ4v) is 9.17. The zero-order valence-corrected chi connectivity index (χ0v) is 32.1. The third kappa shape index (κ3) is 5.81. The predicted molar refractivity (Wildman–Crippen MR) is 247 cm³/mol. The van der Waals surface area contributed by atoms with Crippen molar-refractivity contribution in [3.8, 4) is 39.1 Å². The molecule has 11 rings (SSSR count). The zero-order chi connectivity index (χ0) is 38.4. The molecule has 1 aromatic heterocycles. The summed E-state index contributed by atoms with van der Waals surface area (Å²) >= 11 is 0. The average Bonchev–Trinajstić information content (AvgIpc) is 3.64. The number of allylic oxidation sites excluding steroid dienone is 1. The van der Waals surface area contributed by atoms with E-state index in [-0.39, 0.29) is 0 Å². The van der Waals surface area contributed by atoms with Gasteiger partial charge in [0.05, 0.1) is 5.52 Å². The first-order valence-electron chi connectivity index (χ1n) is 20.2. The minimum Gasteiger partial charge on any atom is -0.313 e. The summed E-state index contributed by atoms with van der Waals surface area (Å²) < 4.78 is 2.48. The van der Waals surface area contributed by atoms with Gasteiger partial charge >= 0.3 is 0 Å². The second-order valence-electron chi connectivity index (χ2n) is 15.2. The van der Waals surface area contributed by atoms with Crippen LogP contribution < -0.4 is 4.90 Å². The molecule has 0 aliphatic heterocycles. The number of hydrogen-bond acceptors (Lipinski definition) is 1. The van der Waals surface area contributed by atoms with Crippen LogP contribution in [0, 0.1) is 0 Å². The first-order chi connectivity index (χ1) is 28.8. The van der Waals surface area contributed by atoms with Crippen LogP contribution in [0.25, 0.3) is 77.6 Å². The molecule has 0 amide bonds. The van der Waals surface area contributed by atoms with Crippen LogP contribution in [-0.4, -0.2) is 4.57 Å². The maximum absolute atomic E-state index is 2.48. The molecule has 0 saturated heterocycles. The summed E-state index contributed by atoms with van der Waals surface area (Å²) in [5, 5.41) is 6.33. The topological polar surface area (TPSA) is 8.17 Å². The van der Waals surface area contributed by atoms with E-state index in [0.717, 1.165) is 29.9 Å². The lowest BCUT2D eigenvalue weighted by Crippen LogP contribution is -2.10. The Hall–Kier alpha value is -7.42. The highest BCUT2D eigenvalue weighted by Crippen LogP contribution is 2.43. The molecule has 1 heterocycles. The fourth-order valence-electron chi connectivity index (χ4n) is 9.17. The number of nitrogens with zero attached hydrogens (tertiary/aromatic N) is 2. The minimum absolute atomic E-state index is 1.02. The van der Waals surface area contributed by atoms with Crippen molar-refractivity contribution in [1.29, 1.82) is 0 Å². The molecule has 0 saturated carbocycles. The van der Waals surface area contributed by atoms with E-state index in [1.807, 2.05) is 0 Å². The van der Waals surface area contributed by atoms with Crippen molar-refractivity contribution in [2.24, 2.45) is 0 Å². The van der Waals surface area contributed by atoms with Gasteiger partial charge < -0.3 is 9.47 Å². The molecule has 10 aromatic rings. The Bertz CT molecular complexity index is 3020. The van der Waals surface area contributed by atoms with Gasteiger partial charge in [-0.05, 0) is 122 Å². The summed E-state index contributed by atoms with van der Waals surface area (Å²) in [6.07, 6.45) is 6.74. The molecule has 9 aromatic carbocycles. The Morgan fingerprint density at radius 1 is 0.414 bits per heavy atom. The number of benzene rings is 9. The van der Waals surface area contributed by atoms with E-state index in [4.69, 9.17) is 0 Å². The van der Waals surface area contributed by atoms with Gasteiger partial charge in [0.2, 0.25) is 0 Å². The van der Waals surface area contributed by atoms with Crippen molar-refractivity contribution in [3.63, 3.8) is 0 Å². The molecule has 1 aliphatic rings. The van der Waals surface area contributed by atoms with Gasteiger partial charge in [-0.25, -0.2) is 0 Å². The van der Waals surface area contributed by atoms with Gasteiger partial charge in [0.25, 0.3) is 0 Å². The van der Waals surface area contributed by atoms with Crippen LogP contribution in [0.1, 0.15) is 17.7 Å². The standard InChI is InChI=1S/C56H40N2/c1-2-19-44(20-3-1)58-54-28-9-8-24-53(54)56-52(27-13-29-55(56)58)43-18-10-21-47(38-43)57(45-34-30-41(31-35-45)50-25-11-16-39-14-4-6-22-48(39)50)46-36-32-42(33-37-46)51-26-12-17-40-15-5-7-23-49(40)51/h1-8,10-27,29-38H,9,28H2. The lowest BCUT2D eigenvalue weighted by Gasteiger charge is -2.26. The Balaban J connectivity index is 1.05. The fraction of sp³-hybridized carbons (Fsp3) is 0.0357. The summed E-state index contributed by atoms with van der Waals surface area (Å²) in [6.45, 7) is 0. The third-order valence-corrected chi connectivity index (χ3v) is 11.8. The van der Waals surface area contributed by atoms with E-state index < -0.39 is 0 Å². The Labute approximate surface area is 339 Å². The molecule has 0 N–H and O–H groups in total. The highest BCUT2D eigenvalue weighted by atomic mass is 15.1. The monoisotopic (exact) mass is 740 g/mol. The molecule has 0 bridgehead atoms. The van der Waals surface area contributed by atoms with Crippen molar-refractivity contribution in [1.82, 2.24) is 4.57 Å². The summed E-state index contributed by atoms with van der Waals surface area (Å²) in [6, 6.07) is 75.2. The lowest BCUT2D eigenvalue weighted by molar-refractivity contribution is 0.888. The molecule has 1 aliphatic carbocycles. The van der Waals surface area contributed by atoms with E-state index in [2.05, 4.69) is 228 Å². The second kappa shape index (κ2) is 14.3. The number of aromatic nitrogens is 1. The van der Waals surface area contributed by atoms with Gasteiger partial charge in [0.1, 0.15) is 0 Å². The third-order valence-electron chi connectivity index (χ3n) is 11.8. The van der Waals surface area contributed by atoms with Crippen LogP contribution in [0.15, 0.2) is 212 Å².